The molecule has 0 unspecified atom stereocenters. The smallest absolute Gasteiger partial charge is 0.273 e. The molecular weight excluding hydrogens is 493 g/mol. The first-order chi connectivity index (χ1) is 17.9. The minimum Gasteiger partial charge on any atom is -0.388 e. The van der Waals surface area contributed by atoms with E-state index in [-0.39, 0.29) is 31.1 Å². The number of nitrogens with one attached hydrogen (secondary N) is 2. The molecule has 202 valence electrons. The number of nitrogens with zero attached hydrogens (tertiary/aromatic N) is 3. The monoisotopic (exact) mass is 525 g/mol. The summed E-state index contributed by atoms with van der Waals surface area (Å²) in [5, 5.41) is 29.8. The highest BCUT2D eigenvalue weighted by molar-refractivity contribution is 6.06. The summed E-state index contributed by atoms with van der Waals surface area (Å²) in [6.07, 6.45) is -2.04. The van der Waals surface area contributed by atoms with Crippen LogP contribution in [0.4, 0.5) is 4.39 Å². The largest absolute Gasteiger partial charge is 0.388 e. The van der Waals surface area contributed by atoms with E-state index in [0.717, 1.165) is 5.56 Å². The molecule has 2 aromatic carbocycles. The van der Waals surface area contributed by atoms with E-state index in [4.69, 9.17) is 0 Å². The average molecular weight is 526 g/mol. The highest BCUT2D eigenvalue weighted by Crippen LogP contribution is 2.23. The molecule has 0 spiro atoms. The Morgan fingerprint density at radius 1 is 1.05 bits per heavy atom. The van der Waals surface area contributed by atoms with Crippen molar-refractivity contribution in [2.75, 3.05) is 19.6 Å². The lowest BCUT2D eigenvalue weighted by atomic mass is 9.86. The minimum absolute atomic E-state index is 0.0110. The van der Waals surface area contributed by atoms with Crippen LogP contribution in [0.15, 0.2) is 48.5 Å². The second-order valence-electron chi connectivity index (χ2n) is 10.6. The zero-order valence-corrected chi connectivity index (χ0v) is 21.5. The topological polar surface area (TPSA) is 137 Å². The highest BCUT2D eigenvalue weighted by Gasteiger charge is 2.36. The number of likely N-dealkylation sites (tertiary alicyclic amines) is 1. The van der Waals surface area contributed by atoms with Crippen LogP contribution in [0.2, 0.25) is 0 Å². The van der Waals surface area contributed by atoms with Crippen LogP contribution in [0.1, 0.15) is 36.8 Å². The molecule has 0 saturated carbocycles. The molecule has 3 atom stereocenters. The summed E-state index contributed by atoms with van der Waals surface area (Å²) in [4.78, 5) is 40.2. The van der Waals surface area contributed by atoms with Gasteiger partial charge in [-0.05, 0) is 29.2 Å². The molecule has 38 heavy (non-hydrogen) atoms. The zero-order valence-electron chi connectivity index (χ0n) is 21.5. The first kappa shape index (κ1) is 27.2. The number of hydrogen-bond donors (Lipinski definition) is 4. The Bertz CT molecular complexity index is 1320. The lowest BCUT2D eigenvalue weighted by molar-refractivity contribution is -0.133. The lowest BCUT2D eigenvalue weighted by Gasteiger charge is -2.30. The number of benzene rings is 2. The van der Waals surface area contributed by atoms with E-state index < -0.39 is 41.4 Å². The Kier molecular flexibility index (Phi) is 7.79. The zero-order chi connectivity index (χ0) is 27.6. The van der Waals surface area contributed by atoms with Gasteiger partial charge in [-0.1, -0.05) is 51.1 Å². The van der Waals surface area contributed by atoms with Gasteiger partial charge < -0.3 is 25.7 Å². The van der Waals surface area contributed by atoms with E-state index in [1.807, 2.05) is 12.1 Å². The summed E-state index contributed by atoms with van der Waals surface area (Å²) in [6, 6.07) is 12.2. The fourth-order valence-electron chi connectivity index (χ4n) is 4.40. The molecule has 4 N–H and O–H groups in total. The van der Waals surface area contributed by atoms with Crippen LogP contribution in [0.3, 0.4) is 0 Å². The maximum atomic E-state index is 13.4. The molecule has 11 heteroatoms. The summed E-state index contributed by atoms with van der Waals surface area (Å²) in [6.45, 7) is 5.33. The summed E-state index contributed by atoms with van der Waals surface area (Å²) in [7, 11) is 0. The maximum Gasteiger partial charge on any atom is 0.273 e. The van der Waals surface area contributed by atoms with Crippen molar-refractivity contribution < 1.29 is 29.0 Å². The number of halogens is 1. The van der Waals surface area contributed by atoms with Gasteiger partial charge in [-0.3, -0.25) is 19.1 Å². The number of aliphatic hydroxyl groups excluding tert-OH is 2. The van der Waals surface area contributed by atoms with E-state index in [0.29, 0.717) is 17.4 Å². The van der Waals surface area contributed by atoms with Crippen molar-refractivity contribution >= 4 is 28.6 Å². The first-order valence-corrected chi connectivity index (χ1v) is 12.4. The quantitative estimate of drug-likeness (QED) is 0.364. The molecule has 1 aliphatic rings. The van der Waals surface area contributed by atoms with Crippen molar-refractivity contribution in [3.8, 4) is 0 Å². The molecule has 3 amide bonds. The van der Waals surface area contributed by atoms with E-state index in [2.05, 4.69) is 15.7 Å². The second-order valence-corrected chi connectivity index (χ2v) is 10.6. The predicted octanol–water partition coefficient (Wildman–Crippen LogP) is 1.05. The standard InChI is InChI=1S/C27H32FN5O5/c1-27(2,3)24(26(38)29-12-22(36)32-14-20(34)21(35)15-32)30-25(37)23-18-6-4-5-7-19(18)33(31-23)13-16-8-10-17(28)11-9-16/h4-11,20-21,24,34-35H,12-15H2,1-3H3,(H,29,38)(H,30,37)/t20-,21-,24-/m1/s1. The molecule has 1 saturated heterocycles. The van der Waals surface area contributed by atoms with Gasteiger partial charge in [0.25, 0.3) is 5.91 Å². The van der Waals surface area contributed by atoms with E-state index >= 15 is 0 Å². The Hall–Kier alpha value is -3.83. The van der Waals surface area contributed by atoms with Gasteiger partial charge in [-0.2, -0.15) is 5.10 Å². The van der Waals surface area contributed by atoms with Crippen molar-refractivity contribution in [2.45, 2.75) is 45.6 Å². The number of para-hydroxylation sites is 1. The number of carbonyl (C=O) groups excluding carboxylic acids is 3. The van der Waals surface area contributed by atoms with E-state index in [9.17, 15) is 29.0 Å². The van der Waals surface area contributed by atoms with Crippen molar-refractivity contribution in [1.82, 2.24) is 25.3 Å². The summed E-state index contributed by atoms with van der Waals surface area (Å²) in [5.74, 6) is -1.89. The molecule has 0 bridgehead atoms. The van der Waals surface area contributed by atoms with Crippen LogP contribution < -0.4 is 10.6 Å². The molecule has 1 aromatic heterocycles. The Balaban J connectivity index is 1.50. The van der Waals surface area contributed by atoms with Crippen LogP contribution >= 0.6 is 0 Å². The molecule has 1 fully saturated rings. The van der Waals surface area contributed by atoms with Crippen molar-refractivity contribution in [3.05, 3.63) is 65.6 Å². The van der Waals surface area contributed by atoms with Gasteiger partial charge >= 0.3 is 0 Å². The Morgan fingerprint density at radius 2 is 1.68 bits per heavy atom. The third-order valence-corrected chi connectivity index (χ3v) is 6.55. The number of hydrogen-bond acceptors (Lipinski definition) is 6. The minimum atomic E-state index is -1.02. The van der Waals surface area contributed by atoms with Gasteiger partial charge in [0, 0.05) is 18.5 Å². The van der Waals surface area contributed by atoms with Gasteiger partial charge in [0.15, 0.2) is 5.69 Å². The molecule has 4 rings (SSSR count). The van der Waals surface area contributed by atoms with Crippen LogP contribution in [0, 0.1) is 11.2 Å². The fraction of sp³-hybridized carbons (Fsp3) is 0.407. The lowest BCUT2D eigenvalue weighted by Crippen LogP contribution is -2.55. The average Bonchev–Trinajstić information content (AvgIpc) is 3.41. The molecule has 10 nitrogen and oxygen atoms in total. The van der Waals surface area contributed by atoms with Crippen LogP contribution in [0.5, 0.6) is 0 Å². The molecule has 0 radical (unpaired) electrons. The molecule has 0 aliphatic carbocycles. The third-order valence-electron chi connectivity index (χ3n) is 6.55. The number of β-amino-alcohol motifs (C(OH)–C–C–N with tert-alkyl or cyclic N) is 2. The fourth-order valence-corrected chi connectivity index (χ4v) is 4.40. The summed E-state index contributed by atoms with van der Waals surface area (Å²) >= 11 is 0. The van der Waals surface area contributed by atoms with Crippen LogP contribution in [-0.4, -0.2) is 80.5 Å². The van der Waals surface area contributed by atoms with Gasteiger partial charge in [0.1, 0.15) is 11.9 Å². The predicted molar refractivity (Wildman–Crippen MR) is 138 cm³/mol. The number of amides is 3. The first-order valence-electron chi connectivity index (χ1n) is 12.4. The number of fused-ring (bicyclic) bond motifs is 1. The van der Waals surface area contributed by atoms with Crippen LogP contribution in [-0.2, 0) is 16.1 Å². The maximum absolute atomic E-state index is 13.4. The highest BCUT2D eigenvalue weighted by atomic mass is 19.1. The Labute approximate surface area is 219 Å². The van der Waals surface area contributed by atoms with Gasteiger partial charge in [0.05, 0.1) is 30.8 Å². The van der Waals surface area contributed by atoms with Crippen molar-refractivity contribution in [2.24, 2.45) is 5.41 Å². The molecule has 3 aromatic rings. The number of rotatable bonds is 7. The summed E-state index contributed by atoms with van der Waals surface area (Å²) < 4.78 is 15.0. The number of carbonyl (C=O) groups is 3. The van der Waals surface area contributed by atoms with Crippen molar-refractivity contribution in [1.29, 1.82) is 0 Å². The van der Waals surface area contributed by atoms with E-state index in [1.54, 1.807) is 49.7 Å². The van der Waals surface area contributed by atoms with E-state index in [1.165, 1.54) is 17.0 Å². The molecule has 2 heterocycles. The third kappa shape index (κ3) is 6.00. The SMILES string of the molecule is CC(C)(C)[C@H](NC(=O)c1nn(Cc2ccc(F)cc2)c2ccccc12)C(=O)NCC(=O)N1C[C@@H](O)[C@H](O)C1. The second kappa shape index (κ2) is 10.9. The number of aliphatic hydroxyl groups is 2. The normalized spacial score (nSPS) is 18.4. The molecular formula is C27H32FN5O5. The Morgan fingerprint density at radius 3 is 2.32 bits per heavy atom. The van der Waals surface area contributed by atoms with Crippen LogP contribution in [0.25, 0.3) is 10.9 Å². The van der Waals surface area contributed by atoms with Gasteiger partial charge in [0.2, 0.25) is 11.8 Å². The summed E-state index contributed by atoms with van der Waals surface area (Å²) in [5.41, 5.74) is 0.955. The van der Waals surface area contributed by atoms with Gasteiger partial charge in [-0.15, -0.1) is 0 Å². The number of aromatic nitrogens is 2. The van der Waals surface area contributed by atoms with Gasteiger partial charge in [-0.25, -0.2) is 4.39 Å². The molecule has 1 aliphatic heterocycles. The van der Waals surface area contributed by atoms with Crippen molar-refractivity contribution in [3.63, 3.8) is 0 Å².